The van der Waals surface area contributed by atoms with Gasteiger partial charge in [0.15, 0.2) is 0 Å². The molecule has 4 rings (SSSR count). The molecule has 0 bridgehead atoms. The molecule has 2 aliphatic rings. The second-order valence-corrected chi connectivity index (χ2v) is 11.9. The monoisotopic (exact) mass is 668 g/mol. The number of para-hydroxylation sites is 1. The zero-order chi connectivity index (χ0) is 34.5. The normalized spacial score (nSPS) is 19.4. The predicted molar refractivity (Wildman–Crippen MR) is 163 cm³/mol. The lowest BCUT2D eigenvalue weighted by Crippen LogP contribution is -2.58. The van der Waals surface area contributed by atoms with Gasteiger partial charge in [-0.25, -0.2) is 4.99 Å². The fourth-order valence-electron chi connectivity index (χ4n) is 5.90. The summed E-state index contributed by atoms with van der Waals surface area (Å²) in [5.41, 5.74) is 7.41. The van der Waals surface area contributed by atoms with Crippen molar-refractivity contribution in [1.82, 2.24) is 14.7 Å². The van der Waals surface area contributed by atoms with Crippen molar-refractivity contribution in [3.8, 4) is 0 Å². The van der Waals surface area contributed by atoms with Gasteiger partial charge in [-0.05, 0) is 26.0 Å². The lowest BCUT2D eigenvalue weighted by molar-refractivity contribution is -0.159. The fraction of sp³-hybridized carbons (Fsp3) is 0.500. The van der Waals surface area contributed by atoms with E-state index in [1.807, 2.05) is 16.8 Å². The van der Waals surface area contributed by atoms with E-state index in [-0.39, 0.29) is 6.67 Å². The highest BCUT2D eigenvalue weighted by Gasteiger charge is 2.45. The Morgan fingerprint density at radius 3 is 2.00 bits per heavy atom. The molecule has 2 aliphatic heterocycles. The Morgan fingerprint density at radius 1 is 0.872 bits per heavy atom. The van der Waals surface area contributed by atoms with Crippen molar-refractivity contribution in [3.05, 3.63) is 65.7 Å². The molecule has 1 fully saturated rings. The van der Waals surface area contributed by atoms with Gasteiger partial charge >= 0.3 is 12.4 Å². The van der Waals surface area contributed by atoms with Crippen LogP contribution in [0.5, 0.6) is 0 Å². The maximum absolute atomic E-state index is 14.5. The zero-order valence-electron chi connectivity index (χ0n) is 26.1. The number of rotatable bonds is 11. The minimum atomic E-state index is -4.79. The Balaban J connectivity index is 1.86. The maximum Gasteiger partial charge on any atom is 0.389 e. The van der Waals surface area contributed by atoms with Crippen LogP contribution in [0.4, 0.5) is 32.0 Å². The number of hydrogen-bond donors (Lipinski definition) is 1. The topological polar surface area (TPSA) is 103 Å². The van der Waals surface area contributed by atoms with Crippen molar-refractivity contribution in [2.45, 2.75) is 44.2 Å². The van der Waals surface area contributed by atoms with Crippen LogP contribution < -0.4 is 10.6 Å². The average molecular weight is 669 g/mol. The molecule has 2 heterocycles. The number of hydrogen-bond acceptors (Lipinski definition) is 6. The van der Waals surface area contributed by atoms with Crippen LogP contribution >= 0.6 is 0 Å². The second kappa shape index (κ2) is 14.8. The lowest BCUT2D eigenvalue weighted by Gasteiger charge is -2.40. The zero-order valence-corrected chi connectivity index (χ0v) is 26.1. The van der Waals surface area contributed by atoms with Gasteiger partial charge in [0.2, 0.25) is 18.0 Å². The van der Waals surface area contributed by atoms with Crippen LogP contribution in [0.2, 0.25) is 0 Å². The molecule has 0 spiro atoms. The Bertz CT molecular complexity index is 1440. The molecule has 2 N–H and O–H groups in total. The van der Waals surface area contributed by atoms with E-state index in [0.29, 0.717) is 48.7 Å². The molecule has 1 saturated heterocycles. The number of benzene rings is 2. The van der Waals surface area contributed by atoms with Gasteiger partial charge < -0.3 is 15.5 Å². The molecule has 0 aromatic heterocycles. The molecule has 9 nitrogen and oxygen atoms in total. The highest BCUT2D eigenvalue weighted by molar-refractivity contribution is 6.20. The van der Waals surface area contributed by atoms with Crippen molar-refractivity contribution in [3.63, 3.8) is 0 Å². The summed E-state index contributed by atoms with van der Waals surface area (Å²) in [4.78, 5) is 52.2. The first kappa shape index (κ1) is 35.9. The van der Waals surface area contributed by atoms with Crippen molar-refractivity contribution >= 4 is 29.1 Å². The summed E-state index contributed by atoms with van der Waals surface area (Å²) < 4.78 is 80.4. The van der Waals surface area contributed by atoms with E-state index in [0.717, 1.165) is 4.90 Å². The molecule has 2 aromatic rings. The molecule has 0 radical (unpaired) electrons. The molecule has 0 unspecified atom stereocenters. The first-order chi connectivity index (χ1) is 22.1. The molecule has 256 valence electrons. The van der Waals surface area contributed by atoms with Crippen LogP contribution in [0.3, 0.4) is 0 Å². The predicted octanol–water partition coefficient (Wildman–Crippen LogP) is 4.26. The van der Waals surface area contributed by atoms with Gasteiger partial charge in [0, 0.05) is 63.1 Å². The number of piperazine rings is 1. The number of aliphatic imine (C=N–C) groups is 1. The van der Waals surface area contributed by atoms with Crippen LogP contribution in [-0.4, -0.2) is 104 Å². The third kappa shape index (κ3) is 9.31. The molecule has 3 atom stereocenters. The SMILES string of the molecule is CN1CCN(CN(C(=O)[C@H](CCC(F)(F)F)[C@H](CCC(F)(F)F)C(N)=O)[C@@H]2N=C(c3ccccc3)c3ccccc3N(C)C2=O)CC1. The number of halogens is 6. The van der Waals surface area contributed by atoms with E-state index in [2.05, 4.69) is 0 Å². The lowest BCUT2D eigenvalue weighted by atomic mass is 9.83. The first-order valence-corrected chi connectivity index (χ1v) is 15.2. The van der Waals surface area contributed by atoms with Crippen molar-refractivity contribution in [1.29, 1.82) is 0 Å². The van der Waals surface area contributed by atoms with Gasteiger partial charge in [-0.3, -0.25) is 24.2 Å². The van der Waals surface area contributed by atoms with E-state index in [1.165, 1.54) is 11.9 Å². The summed E-state index contributed by atoms with van der Waals surface area (Å²) in [6.45, 7) is 1.74. The molecule has 15 heteroatoms. The third-order valence-corrected chi connectivity index (χ3v) is 8.54. The largest absolute Gasteiger partial charge is 0.389 e. The van der Waals surface area contributed by atoms with Crippen LogP contribution in [0, 0.1) is 11.8 Å². The second-order valence-electron chi connectivity index (χ2n) is 11.9. The standard InChI is InChI=1S/C32H38F6N6O3/c1-41-16-18-43(19-17-41)20-44(29(46)23(13-15-32(36,37)38)22(27(39)45)12-14-31(33,34)35)28-30(47)42(2)25-11-7-6-10-24(25)26(40-28)21-8-4-3-5-9-21/h3-11,22-23,28H,12-20H2,1-2H3,(H2,39,45)/t22-,23+,28-/m0/s1. The van der Waals surface area contributed by atoms with Gasteiger partial charge in [-0.15, -0.1) is 0 Å². The van der Waals surface area contributed by atoms with Crippen molar-refractivity contribution in [2.24, 2.45) is 22.6 Å². The summed E-state index contributed by atoms with van der Waals surface area (Å²) >= 11 is 0. The number of fused-ring (bicyclic) bond motifs is 1. The number of benzodiazepines with no additional fused rings is 1. The van der Waals surface area contributed by atoms with E-state index in [1.54, 1.807) is 54.6 Å². The van der Waals surface area contributed by atoms with Crippen molar-refractivity contribution < 1.29 is 40.7 Å². The Kier molecular flexibility index (Phi) is 11.3. The number of carbonyl (C=O) groups is 3. The number of alkyl halides is 6. The number of nitrogens with two attached hydrogens (primary N) is 1. The quantitative estimate of drug-likeness (QED) is 0.361. The van der Waals surface area contributed by atoms with Crippen LogP contribution in [0.15, 0.2) is 59.6 Å². The number of carbonyl (C=O) groups excluding carboxylic acids is 3. The van der Waals surface area contributed by atoms with Gasteiger partial charge in [-0.1, -0.05) is 48.5 Å². The number of likely N-dealkylation sites (N-methyl/N-ethyl adjacent to an activating group) is 2. The number of amides is 3. The molecule has 0 saturated carbocycles. The van der Waals surface area contributed by atoms with Gasteiger partial charge in [0.05, 0.1) is 24.0 Å². The Labute approximate surface area is 269 Å². The van der Waals surface area contributed by atoms with Crippen LogP contribution in [0.25, 0.3) is 0 Å². The van der Waals surface area contributed by atoms with E-state index in [9.17, 15) is 40.7 Å². The summed E-state index contributed by atoms with van der Waals surface area (Å²) in [5.74, 6) is -6.91. The molecular weight excluding hydrogens is 630 g/mol. The molecule has 47 heavy (non-hydrogen) atoms. The van der Waals surface area contributed by atoms with E-state index < -0.39 is 73.8 Å². The highest BCUT2D eigenvalue weighted by atomic mass is 19.4. The fourth-order valence-corrected chi connectivity index (χ4v) is 5.90. The van der Waals surface area contributed by atoms with E-state index >= 15 is 0 Å². The molecule has 2 aromatic carbocycles. The van der Waals surface area contributed by atoms with Gasteiger partial charge in [0.25, 0.3) is 5.91 Å². The summed E-state index contributed by atoms with van der Waals surface area (Å²) in [5, 5.41) is 0. The third-order valence-electron chi connectivity index (χ3n) is 8.54. The minimum absolute atomic E-state index is 0.272. The van der Waals surface area contributed by atoms with Crippen LogP contribution in [0.1, 0.15) is 36.8 Å². The Morgan fingerprint density at radius 2 is 1.43 bits per heavy atom. The minimum Gasteiger partial charge on any atom is -0.369 e. The summed E-state index contributed by atoms with van der Waals surface area (Å²) in [7, 11) is 3.37. The molecule has 3 amide bonds. The van der Waals surface area contributed by atoms with E-state index in [4.69, 9.17) is 10.7 Å². The number of primary amides is 1. The highest BCUT2D eigenvalue weighted by Crippen LogP contribution is 2.35. The molecule has 0 aliphatic carbocycles. The smallest absolute Gasteiger partial charge is 0.369 e. The summed E-state index contributed by atoms with van der Waals surface area (Å²) in [6, 6.07) is 15.7. The average Bonchev–Trinajstić information content (AvgIpc) is 3.11. The summed E-state index contributed by atoms with van der Waals surface area (Å²) in [6.07, 6.45) is -16.2. The van der Waals surface area contributed by atoms with Gasteiger partial charge in [-0.2, -0.15) is 26.3 Å². The Hall–Kier alpha value is -3.98. The van der Waals surface area contributed by atoms with Gasteiger partial charge in [0.1, 0.15) is 0 Å². The van der Waals surface area contributed by atoms with Crippen LogP contribution in [-0.2, 0) is 14.4 Å². The first-order valence-electron chi connectivity index (χ1n) is 15.2. The van der Waals surface area contributed by atoms with Crippen molar-refractivity contribution in [2.75, 3.05) is 51.8 Å². The maximum atomic E-state index is 14.5. The number of nitrogens with zero attached hydrogens (tertiary/aromatic N) is 5. The number of anilines is 1. The molecular formula is C32H38F6N6O3.